The summed E-state index contributed by atoms with van der Waals surface area (Å²) in [6.07, 6.45) is 7.94. The zero-order valence-electron chi connectivity index (χ0n) is 16.7. The number of benzene rings is 1. The standard InChI is InChI=1S/C24H30O4/c1-3-4-8-16(2)9-5-12-18-20(25)15-21-23(18)19-13-6-10-17(24(19)28-21)11-7-14-22(26)27/h5-6,10,12-13,16,18,20-21,23,25H,7-9,11,14-15H2,1-2H3,(H,26,27)/b12-5+/t16?,18-,20+,21-,23-/m0/s1. The summed E-state index contributed by atoms with van der Waals surface area (Å²) in [6, 6.07) is 6.15. The number of fused-ring (bicyclic) bond motifs is 3. The molecular formula is C24H30O4. The average Bonchev–Trinajstić information content (AvgIpc) is 3.16. The third kappa shape index (κ3) is 4.59. The number of hydrogen-bond acceptors (Lipinski definition) is 3. The van der Waals surface area contributed by atoms with Gasteiger partial charge in [0.1, 0.15) is 11.9 Å². The molecule has 0 aromatic heterocycles. The predicted octanol–water partition coefficient (Wildman–Crippen LogP) is 4.32. The summed E-state index contributed by atoms with van der Waals surface area (Å²) in [5.41, 5.74) is 2.24. The van der Waals surface area contributed by atoms with Crippen LogP contribution in [-0.4, -0.2) is 28.4 Å². The summed E-state index contributed by atoms with van der Waals surface area (Å²) < 4.78 is 6.24. The van der Waals surface area contributed by atoms with E-state index in [1.807, 2.05) is 19.1 Å². The minimum atomic E-state index is -0.766. The van der Waals surface area contributed by atoms with Crippen molar-refractivity contribution in [2.45, 2.75) is 70.5 Å². The van der Waals surface area contributed by atoms with Gasteiger partial charge in [-0.2, -0.15) is 0 Å². The Kier molecular flexibility index (Phi) is 6.80. The molecule has 0 radical (unpaired) electrons. The van der Waals surface area contributed by atoms with Crippen LogP contribution in [0, 0.1) is 23.7 Å². The van der Waals surface area contributed by atoms with Crippen LogP contribution in [0.25, 0.3) is 0 Å². The molecule has 3 rings (SSSR count). The van der Waals surface area contributed by atoms with Gasteiger partial charge in [0.05, 0.1) is 6.10 Å². The van der Waals surface area contributed by atoms with Crippen molar-refractivity contribution >= 4 is 5.97 Å². The van der Waals surface area contributed by atoms with Gasteiger partial charge in [-0.05, 0) is 37.7 Å². The van der Waals surface area contributed by atoms with Gasteiger partial charge in [-0.3, -0.25) is 4.79 Å². The minimum Gasteiger partial charge on any atom is -0.489 e. The van der Waals surface area contributed by atoms with Gasteiger partial charge in [0.2, 0.25) is 0 Å². The Bertz CT molecular complexity index is 786. The number of rotatable bonds is 8. The van der Waals surface area contributed by atoms with Crippen molar-refractivity contribution in [2.75, 3.05) is 0 Å². The number of aliphatic hydroxyl groups excluding tert-OH is 1. The molecule has 0 saturated heterocycles. The molecule has 1 aliphatic carbocycles. The van der Waals surface area contributed by atoms with Crippen molar-refractivity contribution in [1.82, 2.24) is 0 Å². The van der Waals surface area contributed by atoms with Gasteiger partial charge in [0.15, 0.2) is 0 Å². The number of aryl methyl sites for hydroxylation is 1. The number of para-hydroxylation sites is 1. The molecule has 0 amide bonds. The third-order valence-corrected chi connectivity index (χ3v) is 5.85. The predicted molar refractivity (Wildman–Crippen MR) is 109 cm³/mol. The van der Waals surface area contributed by atoms with Gasteiger partial charge < -0.3 is 14.9 Å². The van der Waals surface area contributed by atoms with Crippen LogP contribution in [0.15, 0.2) is 30.4 Å². The second-order valence-electron chi connectivity index (χ2n) is 8.05. The highest BCUT2D eigenvalue weighted by Crippen LogP contribution is 2.52. The topological polar surface area (TPSA) is 66.8 Å². The van der Waals surface area contributed by atoms with E-state index in [9.17, 15) is 9.90 Å². The quantitative estimate of drug-likeness (QED) is 0.519. The fourth-order valence-corrected chi connectivity index (χ4v) is 4.42. The van der Waals surface area contributed by atoms with Crippen LogP contribution in [0.1, 0.15) is 63.0 Å². The van der Waals surface area contributed by atoms with Gasteiger partial charge in [-0.25, -0.2) is 0 Å². The highest BCUT2D eigenvalue weighted by atomic mass is 16.5. The highest BCUT2D eigenvalue weighted by molar-refractivity contribution is 5.66. The van der Waals surface area contributed by atoms with Crippen molar-refractivity contribution in [2.24, 2.45) is 11.8 Å². The number of aliphatic hydroxyl groups is 1. The van der Waals surface area contributed by atoms with Crippen LogP contribution in [-0.2, 0) is 11.2 Å². The van der Waals surface area contributed by atoms with E-state index in [1.54, 1.807) is 0 Å². The summed E-state index contributed by atoms with van der Waals surface area (Å²) >= 11 is 0. The number of carboxylic acid groups (broad SMARTS) is 1. The van der Waals surface area contributed by atoms with Crippen LogP contribution in [0.3, 0.4) is 0 Å². The van der Waals surface area contributed by atoms with Gasteiger partial charge in [-0.15, -0.1) is 11.8 Å². The van der Waals surface area contributed by atoms with E-state index in [-0.39, 0.29) is 30.5 Å². The second kappa shape index (κ2) is 9.30. The largest absolute Gasteiger partial charge is 0.489 e. The fourth-order valence-electron chi connectivity index (χ4n) is 4.42. The molecule has 28 heavy (non-hydrogen) atoms. The van der Waals surface area contributed by atoms with Gasteiger partial charge in [-0.1, -0.05) is 37.3 Å². The van der Waals surface area contributed by atoms with E-state index in [0.717, 1.165) is 29.7 Å². The molecule has 0 bridgehead atoms. The first-order valence-corrected chi connectivity index (χ1v) is 10.3. The van der Waals surface area contributed by atoms with Crippen LogP contribution in [0.2, 0.25) is 0 Å². The summed E-state index contributed by atoms with van der Waals surface area (Å²) in [4.78, 5) is 10.8. The van der Waals surface area contributed by atoms with E-state index >= 15 is 0 Å². The molecule has 1 unspecified atom stereocenters. The molecule has 1 saturated carbocycles. The van der Waals surface area contributed by atoms with E-state index in [1.165, 1.54) is 0 Å². The molecule has 1 aliphatic heterocycles. The van der Waals surface area contributed by atoms with E-state index in [4.69, 9.17) is 9.84 Å². The van der Waals surface area contributed by atoms with Crippen molar-refractivity contribution in [3.05, 3.63) is 41.5 Å². The SMILES string of the molecule is CC#CCC(C)C/C=C/[C@@H]1[C@H]2c3cccc(CCCC(=O)O)c3O[C@H]2C[C@H]1O. The smallest absolute Gasteiger partial charge is 0.303 e. The molecule has 1 heterocycles. The number of aliphatic carboxylic acids is 1. The molecule has 4 heteroatoms. The van der Waals surface area contributed by atoms with E-state index < -0.39 is 5.97 Å². The molecule has 0 spiro atoms. The fraction of sp³-hybridized carbons (Fsp3) is 0.542. The van der Waals surface area contributed by atoms with Gasteiger partial charge in [0.25, 0.3) is 0 Å². The van der Waals surface area contributed by atoms with E-state index in [0.29, 0.717) is 25.2 Å². The molecule has 1 aromatic carbocycles. The lowest BCUT2D eigenvalue weighted by atomic mass is 9.86. The monoisotopic (exact) mass is 382 g/mol. The highest BCUT2D eigenvalue weighted by Gasteiger charge is 2.48. The van der Waals surface area contributed by atoms with Crippen LogP contribution < -0.4 is 4.74 Å². The number of carboxylic acids is 1. The Morgan fingerprint density at radius 2 is 2.25 bits per heavy atom. The Hall–Kier alpha value is -2.25. The number of allylic oxidation sites excluding steroid dienone is 1. The zero-order chi connectivity index (χ0) is 20.1. The normalized spacial score (nSPS) is 26.2. The first-order valence-electron chi connectivity index (χ1n) is 10.3. The van der Waals surface area contributed by atoms with E-state index in [2.05, 4.69) is 37.0 Å². The Labute approximate surface area is 167 Å². The molecule has 4 nitrogen and oxygen atoms in total. The van der Waals surface area contributed by atoms with Crippen molar-refractivity contribution in [1.29, 1.82) is 0 Å². The number of ether oxygens (including phenoxy) is 1. The molecule has 2 N–H and O–H groups in total. The first kappa shape index (κ1) is 20.5. The van der Waals surface area contributed by atoms with Crippen LogP contribution in [0.5, 0.6) is 5.75 Å². The van der Waals surface area contributed by atoms with Crippen LogP contribution >= 0.6 is 0 Å². The summed E-state index contributed by atoms with van der Waals surface area (Å²) in [5, 5.41) is 19.5. The van der Waals surface area contributed by atoms with Gasteiger partial charge in [0, 0.05) is 36.7 Å². The molecule has 5 atom stereocenters. The summed E-state index contributed by atoms with van der Waals surface area (Å²) in [7, 11) is 0. The Morgan fingerprint density at radius 1 is 1.43 bits per heavy atom. The van der Waals surface area contributed by atoms with Gasteiger partial charge >= 0.3 is 5.97 Å². The minimum absolute atomic E-state index is 0.00338. The van der Waals surface area contributed by atoms with Crippen molar-refractivity contribution in [3.8, 4) is 17.6 Å². The lowest BCUT2D eigenvalue weighted by molar-refractivity contribution is -0.137. The first-order chi connectivity index (χ1) is 13.5. The molecule has 2 aliphatic rings. The Balaban J connectivity index is 1.71. The lowest BCUT2D eigenvalue weighted by Gasteiger charge is -2.17. The second-order valence-corrected chi connectivity index (χ2v) is 8.05. The average molecular weight is 383 g/mol. The zero-order valence-corrected chi connectivity index (χ0v) is 16.7. The number of carbonyl (C=O) groups is 1. The molecule has 1 aromatic rings. The van der Waals surface area contributed by atoms with Crippen LogP contribution in [0.4, 0.5) is 0 Å². The third-order valence-electron chi connectivity index (χ3n) is 5.85. The van der Waals surface area contributed by atoms with Crippen molar-refractivity contribution in [3.63, 3.8) is 0 Å². The lowest BCUT2D eigenvalue weighted by Crippen LogP contribution is -2.16. The maximum absolute atomic E-state index is 10.8. The number of hydrogen-bond donors (Lipinski definition) is 2. The summed E-state index contributed by atoms with van der Waals surface area (Å²) in [5.74, 6) is 6.96. The summed E-state index contributed by atoms with van der Waals surface area (Å²) in [6.45, 7) is 4.06. The van der Waals surface area contributed by atoms with Crippen molar-refractivity contribution < 1.29 is 19.7 Å². The maximum Gasteiger partial charge on any atom is 0.303 e. The Morgan fingerprint density at radius 3 is 3.00 bits per heavy atom. The maximum atomic E-state index is 10.8. The molecule has 150 valence electrons. The molecular weight excluding hydrogens is 352 g/mol. The molecule has 1 fully saturated rings.